The first kappa shape index (κ1) is 29.3. The molecule has 2 aromatic rings. The van der Waals surface area contributed by atoms with Crippen molar-refractivity contribution in [1.82, 2.24) is 15.1 Å². The second kappa shape index (κ2) is 10.6. The molecule has 0 atom stereocenters. The fourth-order valence-corrected chi connectivity index (χ4v) is 3.23. The van der Waals surface area contributed by atoms with E-state index in [9.17, 15) is 49.7 Å². The molecule has 1 aromatic heterocycles. The lowest BCUT2D eigenvalue weighted by Crippen LogP contribution is -2.58. The quantitative estimate of drug-likeness (QED) is 0.153. The van der Waals surface area contributed by atoms with Gasteiger partial charge in [-0.3, -0.25) is 4.99 Å². The van der Waals surface area contributed by atoms with E-state index in [1.54, 1.807) is 0 Å². The summed E-state index contributed by atoms with van der Waals surface area (Å²) in [4.78, 5) is 3.38. The van der Waals surface area contributed by atoms with E-state index < -0.39 is 48.2 Å². The Morgan fingerprint density at radius 1 is 1.08 bits per heavy atom. The van der Waals surface area contributed by atoms with Crippen LogP contribution in [0.15, 0.2) is 47.0 Å². The van der Waals surface area contributed by atoms with Crippen LogP contribution in [0.5, 0.6) is 0 Å². The predicted molar refractivity (Wildman–Crippen MR) is 108 cm³/mol. The second-order valence-electron chi connectivity index (χ2n) is 6.82. The molecule has 1 aromatic carbocycles. The number of nitrogens with one attached hydrogen (secondary N) is 1. The summed E-state index contributed by atoms with van der Waals surface area (Å²) in [5, 5.41) is 23.7. The molecule has 0 amide bonds. The Kier molecular flexibility index (Phi) is 8.58. The van der Waals surface area contributed by atoms with E-state index in [2.05, 4.69) is 14.8 Å². The van der Waals surface area contributed by atoms with Gasteiger partial charge >= 0.3 is 24.6 Å². The van der Waals surface area contributed by atoms with Crippen molar-refractivity contribution in [2.75, 3.05) is 14.1 Å². The predicted octanol–water partition coefficient (Wildman–Crippen LogP) is 4.57. The number of allylic oxidation sites excluding steroid dienone is 2. The van der Waals surface area contributed by atoms with Crippen LogP contribution in [0.2, 0.25) is 5.02 Å². The Balaban J connectivity index is 2.77. The first-order valence-corrected chi connectivity index (χ1v) is 9.75. The third kappa shape index (κ3) is 5.54. The van der Waals surface area contributed by atoms with E-state index in [4.69, 9.17) is 11.6 Å². The van der Waals surface area contributed by atoms with E-state index in [0.717, 1.165) is 19.4 Å². The van der Waals surface area contributed by atoms with Gasteiger partial charge in [0.2, 0.25) is 0 Å². The van der Waals surface area contributed by atoms with Gasteiger partial charge in [-0.2, -0.15) is 40.2 Å². The standard InChI is InChI=1S/C19H16ClF9N4O3/c1-30-13(17(23,18(24,25)26)19(27,28)29)12(36-16(21)22)14(31-2)33-7-9(6-32-33)8-3-4-11(20)10(5-8)15(34)35/h3-7,15-16,30,34-35H,1-2H3. The van der Waals surface area contributed by atoms with Crippen molar-refractivity contribution < 1.29 is 54.5 Å². The zero-order chi connectivity index (χ0) is 27.6. The highest BCUT2D eigenvalue weighted by Crippen LogP contribution is 2.51. The van der Waals surface area contributed by atoms with Crippen molar-refractivity contribution in [3.05, 3.63) is 52.6 Å². The summed E-state index contributed by atoms with van der Waals surface area (Å²) in [6.45, 7) is -3.99. The topological polar surface area (TPSA) is 91.9 Å². The Morgan fingerprint density at radius 3 is 2.11 bits per heavy atom. The Morgan fingerprint density at radius 2 is 1.67 bits per heavy atom. The van der Waals surface area contributed by atoms with Gasteiger partial charge in [0.15, 0.2) is 17.9 Å². The molecule has 0 saturated heterocycles. The van der Waals surface area contributed by atoms with E-state index in [1.807, 2.05) is 0 Å². The van der Waals surface area contributed by atoms with E-state index in [1.165, 1.54) is 23.5 Å². The highest BCUT2D eigenvalue weighted by atomic mass is 35.5. The van der Waals surface area contributed by atoms with Crippen LogP contribution in [0.3, 0.4) is 0 Å². The molecule has 0 saturated carbocycles. The average Bonchev–Trinajstić information content (AvgIpc) is 3.22. The van der Waals surface area contributed by atoms with E-state index in [-0.39, 0.29) is 21.7 Å². The number of alkyl halides is 9. The minimum atomic E-state index is -6.65. The van der Waals surface area contributed by atoms with Gasteiger partial charge in [-0.1, -0.05) is 17.7 Å². The number of ether oxygens (including phenoxy) is 1. The lowest BCUT2D eigenvalue weighted by molar-refractivity contribution is -0.328. The zero-order valence-corrected chi connectivity index (χ0v) is 18.7. The molecule has 0 bridgehead atoms. The van der Waals surface area contributed by atoms with Crippen LogP contribution >= 0.6 is 11.6 Å². The number of nitrogens with zero attached hydrogens (tertiary/aromatic N) is 3. The van der Waals surface area contributed by atoms with Crippen molar-refractivity contribution in [1.29, 1.82) is 0 Å². The molecule has 1 heterocycles. The smallest absolute Gasteiger partial charge is 0.429 e. The fraction of sp³-hybridized carbons (Fsp3) is 0.368. The molecule has 200 valence electrons. The summed E-state index contributed by atoms with van der Waals surface area (Å²) in [5.74, 6) is -3.08. The first-order chi connectivity index (χ1) is 16.5. The summed E-state index contributed by atoms with van der Waals surface area (Å²) in [6, 6.07) is 3.75. The number of hydrogen-bond donors (Lipinski definition) is 3. The number of halogens is 10. The van der Waals surface area contributed by atoms with E-state index >= 15 is 0 Å². The molecular weight excluding hydrogens is 539 g/mol. The Bertz CT molecular complexity index is 1130. The van der Waals surface area contributed by atoms with Crippen LogP contribution in [0.4, 0.5) is 39.5 Å². The highest BCUT2D eigenvalue weighted by molar-refractivity contribution is 6.31. The van der Waals surface area contributed by atoms with Gasteiger partial charge in [-0.15, -0.1) is 0 Å². The van der Waals surface area contributed by atoms with Gasteiger partial charge in [-0.25, -0.2) is 9.07 Å². The molecule has 0 aliphatic carbocycles. The number of aromatic nitrogens is 2. The van der Waals surface area contributed by atoms with Crippen molar-refractivity contribution in [2.24, 2.45) is 4.99 Å². The number of benzene rings is 1. The van der Waals surface area contributed by atoms with Gasteiger partial charge in [-0.05, 0) is 17.7 Å². The lowest BCUT2D eigenvalue weighted by Gasteiger charge is -2.33. The largest absolute Gasteiger partial charge is 0.437 e. The second-order valence-corrected chi connectivity index (χ2v) is 7.22. The number of aliphatic imine (C=N–C) groups is 1. The van der Waals surface area contributed by atoms with Crippen LogP contribution in [-0.4, -0.2) is 64.6 Å². The maximum absolute atomic E-state index is 14.8. The number of rotatable bonds is 7. The minimum Gasteiger partial charge on any atom is -0.429 e. The molecule has 2 rings (SSSR count). The van der Waals surface area contributed by atoms with Crippen LogP contribution in [0.25, 0.3) is 11.1 Å². The van der Waals surface area contributed by atoms with Crippen molar-refractivity contribution >= 4 is 17.4 Å². The zero-order valence-electron chi connectivity index (χ0n) is 18.0. The Labute approximate surface area is 201 Å². The van der Waals surface area contributed by atoms with Gasteiger partial charge < -0.3 is 20.3 Å². The van der Waals surface area contributed by atoms with Gasteiger partial charge in [0.05, 0.1) is 6.20 Å². The van der Waals surface area contributed by atoms with Crippen molar-refractivity contribution in [3.63, 3.8) is 0 Å². The van der Waals surface area contributed by atoms with Crippen LogP contribution in [0, 0.1) is 0 Å². The highest BCUT2D eigenvalue weighted by Gasteiger charge is 2.76. The molecule has 0 unspecified atom stereocenters. The SMILES string of the molecule is CN=C(C(OC(F)F)=C(NC)C(F)(C(F)(F)F)C(F)(F)F)n1cc(-c2ccc(Cl)c(C(O)O)c2)cn1. The van der Waals surface area contributed by atoms with Gasteiger partial charge in [0, 0.05) is 36.4 Å². The monoisotopic (exact) mass is 554 g/mol. The maximum atomic E-state index is 14.8. The van der Waals surface area contributed by atoms with Gasteiger partial charge in [0.25, 0.3) is 0 Å². The Hall–Kier alpha value is -2.98. The summed E-state index contributed by atoms with van der Waals surface area (Å²) in [6.07, 6.45) is -13.4. The van der Waals surface area contributed by atoms with E-state index in [0.29, 0.717) is 11.7 Å². The normalized spacial score (nSPS) is 14.4. The molecular formula is C19H16ClF9N4O3. The third-order valence-corrected chi connectivity index (χ3v) is 4.98. The summed E-state index contributed by atoms with van der Waals surface area (Å²) < 4.78 is 125. The average molecular weight is 555 g/mol. The molecule has 0 spiro atoms. The molecule has 3 N–H and O–H groups in total. The molecule has 17 heteroatoms. The number of aliphatic hydroxyl groups excluding tert-OH is 1. The van der Waals surface area contributed by atoms with Gasteiger partial charge in [0.1, 0.15) is 5.70 Å². The first-order valence-electron chi connectivity index (χ1n) is 9.37. The molecule has 0 aliphatic heterocycles. The third-order valence-electron chi connectivity index (χ3n) is 4.63. The summed E-state index contributed by atoms with van der Waals surface area (Å²) in [5.41, 5.74) is -8.55. The fourth-order valence-electron chi connectivity index (χ4n) is 3.02. The molecule has 0 fully saturated rings. The molecule has 0 radical (unpaired) electrons. The summed E-state index contributed by atoms with van der Waals surface area (Å²) in [7, 11) is 1.23. The number of aliphatic hydroxyl groups is 2. The molecule has 0 aliphatic rings. The van der Waals surface area contributed by atoms with Crippen LogP contribution in [0.1, 0.15) is 11.9 Å². The summed E-state index contributed by atoms with van der Waals surface area (Å²) >= 11 is 5.83. The van der Waals surface area contributed by atoms with Crippen molar-refractivity contribution in [2.45, 2.75) is 30.9 Å². The molecule has 36 heavy (non-hydrogen) atoms. The minimum absolute atomic E-state index is 0.0512. The maximum Gasteiger partial charge on any atom is 0.437 e. The van der Waals surface area contributed by atoms with Crippen molar-refractivity contribution in [3.8, 4) is 11.1 Å². The lowest BCUT2D eigenvalue weighted by atomic mass is 9.98. The van der Waals surface area contributed by atoms with Crippen LogP contribution in [-0.2, 0) is 4.74 Å². The van der Waals surface area contributed by atoms with Crippen LogP contribution < -0.4 is 5.32 Å². The molecule has 7 nitrogen and oxygen atoms in total. The number of hydrogen-bond acceptors (Lipinski definition) is 6.